The van der Waals surface area contributed by atoms with E-state index >= 15 is 0 Å². The van der Waals surface area contributed by atoms with Crippen molar-refractivity contribution in [2.24, 2.45) is 0 Å². The maximum atomic E-state index is 6.52. The largest absolute Gasteiger partial charge is 0.487 e. The van der Waals surface area contributed by atoms with Crippen LogP contribution in [0, 0.1) is 0 Å². The van der Waals surface area contributed by atoms with Crippen LogP contribution >= 0.6 is 11.6 Å². The summed E-state index contributed by atoms with van der Waals surface area (Å²) in [4.78, 5) is 0. The zero-order valence-corrected chi connectivity index (χ0v) is 17.0. The molecule has 0 aromatic heterocycles. The van der Waals surface area contributed by atoms with Crippen molar-refractivity contribution in [2.45, 2.75) is 56.7 Å². The van der Waals surface area contributed by atoms with E-state index in [4.69, 9.17) is 16.3 Å². The van der Waals surface area contributed by atoms with E-state index in [1.165, 1.54) is 34.7 Å². The third-order valence-electron chi connectivity index (χ3n) is 6.51. The zero-order valence-electron chi connectivity index (χ0n) is 16.2. The minimum Gasteiger partial charge on any atom is -0.487 e. The van der Waals surface area contributed by atoms with E-state index in [9.17, 15) is 0 Å². The first-order chi connectivity index (χ1) is 13.6. The van der Waals surface area contributed by atoms with Crippen molar-refractivity contribution in [1.29, 1.82) is 0 Å². The summed E-state index contributed by atoms with van der Waals surface area (Å²) in [5.41, 5.74) is 2.52. The van der Waals surface area contributed by atoms with Crippen LogP contribution in [0.2, 0.25) is 5.02 Å². The minimum atomic E-state index is -0.0169. The lowest BCUT2D eigenvalue weighted by Crippen LogP contribution is -2.42. The zero-order chi connectivity index (χ0) is 19.1. The van der Waals surface area contributed by atoms with Gasteiger partial charge in [0.1, 0.15) is 11.4 Å². The molecule has 1 aliphatic heterocycles. The van der Waals surface area contributed by atoms with Crippen molar-refractivity contribution >= 4 is 22.4 Å². The number of hydrogen-bond acceptors (Lipinski definition) is 2. The summed E-state index contributed by atoms with van der Waals surface area (Å²) >= 11 is 6.34. The number of ether oxygens (including phenoxy) is 1. The SMILES string of the molecule is CC(N[C@H]1CC2(CCCC2)Oc2ccc(Cl)cc21)c1cccc2ccccc12. The summed E-state index contributed by atoms with van der Waals surface area (Å²) in [6.07, 6.45) is 5.82. The molecule has 1 heterocycles. The Labute approximate surface area is 171 Å². The van der Waals surface area contributed by atoms with Gasteiger partial charge in [-0.15, -0.1) is 0 Å². The van der Waals surface area contributed by atoms with E-state index < -0.39 is 0 Å². The summed E-state index contributed by atoms with van der Waals surface area (Å²) in [6, 6.07) is 21.8. The molecule has 5 rings (SSSR count). The van der Waals surface area contributed by atoms with Gasteiger partial charge in [-0.3, -0.25) is 0 Å². The predicted molar refractivity (Wildman–Crippen MR) is 116 cm³/mol. The molecule has 0 radical (unpaired) electrons. The molecule has 0 amide bonds. The lowest BCUT2D eigenvalue weighted by molar-refractivity contribution is 0.0351. The second-order valence-corrected chi connectivity index (χ2v) is 8.82. The fourth-order valence-electron chi connectivity index (χ4n) is 5.14. The van der Waals surface area contributed by atoms with Crippen LogP contribution in [0.5, 0.6) is 5.75 Å². The van der Waals surface area contributed by atoms with Gasteiger partial charge in [-0.25, -0.2) is 0 Å². The van der Waals surface area contributed by atoms with Gasteiger partial charge in [-0.2, -0.15) is 0 Å². The Morgan fingerprint density at radius 1 is 1.04 bits per heavy atom. The number of halogens is 1. The van der Waals surface area contributed by atoms with Gasteiger partial charge < -0.3 is 10.1 Å². The second-order valence-electron chi connectivity index (χ2n) is 8.39. The van der Waals surface area contributed by atoms with Crippen LogP contribution in [0.4, 0.5) is 0 Å². The van der Waals surface area contributed by atoms with Gasteiger partial charge in [0.25, 0.3) is 0 Å². The van der Waals surface area contributed by atoms with Crippen molar-refractivity contribution in [1.82, 2.24) is 5.32 Å². The molecule has 3 aromatic carbocycles. The molecule has 2 atom stereocenters. The fraction of sp³-hybridized carbons (Fsp3) is 0.360. The van der Waals surface area contributed by atoms with Crippen molar-refractivity contribution < 1.29 is 4.74 Å². The highest BCUT2D eigenvalue weighted by Gasteiger charge is 2.43. The third-order valence-corrected chi connectivity index (χ3v) is 6.74. The highest BCUT2D eigenvalue weighted by Crippen LogP contribution is 2.48. The Morgan fingerprint density at radius 2 is 1.82 bits per heavy atom. The Balaban J connectivity index is 1.50. The van der Waals surface area contributed by atoms with Crippen LogP contribution in [-0.2, 0) is 0 Å². The number of benzene rings is 3. The number of fused-ring (bicyclic) bond motifs is 2. The minimum absolute atomic E-state index is 0.0169. The van der Waals surface area contributed by atoms with Gasteiger partial charge >= 0.3 is 0 Å². The molecule has 0 saturated heterocycles. The highest BCUT2D eigenvalue weighted by atomic mass is 35.5. The molecule has 1 unspecified atom stereocenters. The monoisotopic (exact) mass is 391 g/mol. The predicted octanol–water partition coefficient (Wildman–Crippen LogP) is 6.98. The Kier molecular flexibility index (Phi) is 4.57. The standard InChI is InChI=1S/C25H26ClNO/c1-17(20-10-6-8-18-7-2-3-9-21(18)20)27-23-16-25(13-4-5-14-25)28-24-12-11-19(26)15-22(23)24/h2-3,6-12,15,17,23,27H,4-5,13-14,16H2,1H3/t17?,23-/m0/s1. The Hall–Kier alpha value is -2.03. The number of hydrogen-bond donors (Lipinski definition) is 1. The Morgan fingerprint density at radius 3 is 2.68 bits per heavy atom. The van der Waals surface area contributed by atoms with Gasteiger partial charge in [0, 0.05) is 29.1 Å². The molecule has 28 heavy (non-hydrogen) atoms. The fourth-order valence-corrected chi connectivity index (χ4v) is 5.32. The lowest BCUT2D eigenvalue weighted by Gasteiger charge is -2.41. The summed E-state index contributed by atoms with van der Waals surface area (Å²) in [7, 11) is 0. The third kappa shape index (κ3) is 3.19. The van der Waals surface area contributed by atoms with E-state index in [-0.39, 0.29) is 17.7 Å². The van der Waals surface area contributed by atoms with Crippen LogP contribution in [0.3, 0.4) is 0 Å². The van der Waals surface area contributed by atoms with Gasteiger partial charge in [0.05, 0.1) is 0 Å². The Bertz CT molecular complexity index is 1000. The van der Waals surface area contributed by atoms with Crippen LogP contribution in [-0.4, -0.2) is 5.60 Å². The molecular weight excluding hydrogens is 366 g/mol. The molecule has 1 aliphatic carbocycles. The smallest absolute Gasteiger partial charge is 0.125 e. The van der Waals surface area contributed by atoms with Crippen LogP contribution in [0.15, 0.2) is 60.7 Å². The molecule has 2 nitrogen and oxygen atoms in total. The number of nitrogens with one attached hydrogen (secondary N) is 1. The van der Waals surface area contributed by atoms with E-state index in [1.807, 2.05) is 12.1 Å². The van der Waals surface area contributed by atoms with E-state index in [0.717, 1.165) is 30.0 Å². The van der Waals surface area contributed by atoms with E-state index in [1.54, 1.807) is 0 Å². The normalized spacial score (nSPS) is 21.4. The van der Waals surface area contributed by atoms with E-state index in [0.29, 0.717) is 0 Å². The van der Waals surface area contributed by atoms with Crippen molar-refractivity contribution in [3.63, 3.8) is 0 Å². The van der Waals surface area contributed by atoms with Crippen molar-refractivity contribution in [3.8, 4) is 5.75 Å². The van der Waals surface area contributed by atoms with Gasteiger partial charge in [-0.05, 0) is 67.1 Å². The summed E-state index contributed by atoms with van der Waals surface area (Å²) in [6.45, 7) is 2.27. The van der Waals surface area contributed by atoms with E-state index in [2.05, 4.69) is 60.8 Å². The molecular formula is C25H26ClNO. The molecule has 1 spiro atoms. The van der Waals surface area contributed by atoms with Gasteiger partial charge in [0.15, 0.2) is 0 Å². The van der Waals surface area contributed by atoms with Crippen molar-refractivity contribution in [3.05, 3.63) is 76.8 Å². The molecule has 3 aromatic rings. The quantitative estimate of drug-likeness (QED) is 0.519. The molecule has 1 fully saturated rings. The molecule has 144 valence electrons. The summed E-state index contributed by atoms with van der Waals surface area (Å²) < 4.78 is 6.52. The lowest BCUT2D eigenvalue weighted by atomic mass is 9.85. The first kappa shape index (κ1) is 18.0. The maximum absolute atomic E-state index is 6.52. The molecule has 3 heteroatoms. The van der Waals surface area contributed by atoms with Gasteiger partial charge in [0.2, 0.25) is 0 Å². The van der Waals surface area contributed by atoms with Gasteiger partial charge in [-0.1, -0.05) is 54.1 Å². The van der Waals surface area contributed by atoms with Crippen LogP contribution in [0.25, 0.3) is 10.8 Å². The van der Waals surface area contributed by atoms with Crippen LogP contribution < -0.4 is 10.1 Å². The average Bonchev–Trinajstić information content (AvgIpc) is 3.15. The summed E-state index contributed by atoms with van der Waals surface area (Å²) in [5, 5.41) is 7.30. The second kappa shape index (κ2) is 7.09. The first-order valence-corrected chi connectivity index (χ1v) is 10.7. The highest BCUT2D eigenvalue weighted by molar-refractivity contribution is 6.30. The maximum Gasteiger partial charge on any atom is 0.125 e. The molecule has 1 saturated carbocycles. The molecule has 0 bridgehead atoms. The molecule has 1 N–H and O–H groups in total. The van der Waals surface area contributed by atoms with Crippen LogP contribution in [0.1, 0.15) is 62.2 Å². The topological polar surface area (TPSA) is 21.3 Å². The number of rotatable bonds is 3. The first-order valence-electron chi connectivity index (χ1n) is 10.4. The molecule has 2 aliphatic rings. The summed E-state index contributed by atoms with van der Waals surface area (Å²) in [5.74, 6) is 1.00. The average molecular weight is 392 g/mol. The van der Waals surface area contributed by atoms with Crippen molar-refractivity contribution in [2.75, 3.05) is 0 Å².